The molecule has 4 heteroatoms. The smallest absolute Gasteiger partial charge is 0.0991 e. The zero-order valence-corrected chi connectivity index (χ0v) is 10.4. The van der Waals surface area contributed by atoms with Gasteiger partial charge in [0.1, 0.15) is 0 Å². The summed E-state index contributed by atoms with van der Waals surface area (Å²) in [6.45, 7) is 0.580. The Morgan fingerprint density at radius 3 is 2.82 bits per heavy atom. The van der Waals surface area contributed by atoms with Crippen molar-refractivity contribution in [1.29, 1.82) is 5.26 Å². The molecule has 0 bridgehead atoms. The highest BCUT2D eigenvalue weighted by atomic mass is 32.2. The minimum absolute atomic E-state index is 0.492. The van der Waals surface area contributed by atoms with E-state index in [-0.39, 0.29) is 0 Å². The van der Waals surface area contributed by atoms with E-state index in [9.17, 15) is 5.11 Å². The standard InChI is InChI=1S/C13H16N2OS/c14-7-10-1-3-11(4-2-10)13(16)8-15-12-5-6-17-9-12/h1-4,12-13,15-16H,5-6,8-9H2. The highest BCUT2D eigenvalue weighted by Crippen LogP contribution is 2.18. The van der Waals surface area contributed by atoms with Crippen molar-refractivity contribution >= 4 is 11.8 Å². The van der Waals surface area contributed by atoms with E-state index in [4.69, 9.17) is 5.26 Å². The van der Waals surface area contributed by atoms with Crippen LogP contribution in [0.1, 0.15) is 23.7 Å². The van der Waals surface area contributed by atoms with Crippen LogP contribution >= 0.6 is 11.8 Å². The quantitative estimate of drug-likeness (QED) is 0.851. The second-order valence-electron chi connectivity index (χ2n) is 4.22. The molecule has 0 saturated carbocycles. The fourth-order valence-corrected chi connectivity index (χ4v) is 3.06. The molecule has 1 aromatic carbocycles. The van der Waals surface area contributed by atoms with E-state index < -0.39 is 6.10 Å². The van der Waals surface area contributed by atoms with Crippen LogP contribution in [0.15, 0.2) is 24.3 Å². The van der Waals surface area contributed by atoms with Gasteiger partial charge >= 0.3 is 0 Å². The molecule has 0 aliphatic carbocycles. The van der Waals surface area contributed by atoms with Gasteiger partial charge in [0.15, 0.2) is 0 Å². The molecule has 0 radical (unpaired) electrons. The Labute approximate surface area is 106 Å². The first-order chi connectivity index (χ1) is 8.29. The third-order valence-electron chi connectivity index (χ3n) is 2.95. The SMILES string of the molecule is N#Cc1ccc(C(O)CNC2CCSC2)cc1. The van der Waals surface area contributed by atoms with Gasteiger partial charge in [-0.05, 0) is 29.9 Å². The number of nitrogens with zero attached hydrogens (tertiary/aromatic N) is 1. The summed E-state index contributed by atoms with van der Waals surface area (Å²) in [5.74, 6) is 2.35. The minimum atomic E-state index is -0.492. The third kappa shape index (κ3) is 3.47. The molecule has 17 heavy (non-hydrogen) atoms. The van der Waals surface area contributed by atoms with Crippen LogP contribution in [0.3, 0.4) is 0 Å². The molecule has 2 unspecified atom stereocenters. The largest absolute Gasteiger partial charge is 0.387 e. The Balaban J connectivity index is 1.85. The number of benzene rings is 1. The molecule has 0 amide bonds. The Morgan fingerprint density at radius 2 is 2.24 bits per heavy atom. The van der Waals surface area contributed by atoms with Gasteiger partial charge in [0.05, 0.1) is 17.7 Å². The van der Waals surface area contributed by atoms with Gasteiger partial charge in [-0.3, -0.25) is 0 Å². The van der Waals surface area contributed by atoms with Gasteiger partial charge in [0.2, 0.25) is 0 Å². The van der Waals surface area contributed by atoms with Gasteiger partial charge < -0.3 is 10.4 Å². The van der Waals surface area contributed by atoms with Crippen LogP contribution in [0.4, 0.5) is 0 Å². The van der Waals surface area contributed by atoms with Crippen molar-refractivity contribution in [3.8, 4) is 6.07 Å². The summed E-state index contributed by atoms with van der Waals surface area (Å²) in [6, 6.07) is 9.71. The molecule has 3 nitrogen and oxygen atoms in total. The maximum Gasteiger partial charge on any atom is 0.0991 e. The van der Waals surface area contributed by atoms with Gasteiger partial charge in [-0.1, -0.05) is 12.1 Å². The molecule has 0 spiro atoms. The summed E-state index contributed by atoms with van der Waals surface area (Å²) in [5, 5.41) is 22.1. The Morgan fingerprint density at radius 1 is 1.47 bits per heavy atom. The molecule has 1 aliphatic heterocycles. The zero-order valence-electron chi connectivity index (χ0n) is 9.60. The molecule has 1 fully saturated rings. The van der Waals surface area contributed by atoms with Crippen LogP contribution in [0.2, 0.25) is 0 Å². The molecule has 2 atom stereocenters. The number of rotatable bonds is 4. The molecular weight excluding hydrogens is 232 g/mol. The Hall–Kier alpha value is -1.02. The average molecular weight is 248 g/mol. The lowest BCUT2D eigenvalue weighted by Gasteiger charge is -2.16. The molecule has 2 N–H and O–H groups in total. The van der Waals surface area contributed by atoms with Crippen LogP contribution in [-0.2, 0) is 0 Å². The molecule has 1 aromatic rings. The fraction of sp³-hybridized carbons (Fsp3) is 0.462. The van der Waals surface area contributed by atoms with Gasteiger partial charge in [-0.15, -0.1) is 0 Å². The minimum Gasteiger partial charge on any atom is -0.387 e. The van der Waals surface area contributed by atoms with Crippen molar-refractivity contribution in [2.45, 2.75) is 18.6 Å². The van der Waals surface area contributed by atoms with E-state index in [1.165, 1.54) is 12.2 Å². The van der Waals surface area contributed by atoms with E-state index >= 15 is 0 Å². The van der Waals surface area contributed by atoms with Gasteiger partial charge in [0, 0.05) is 18.3 Å². The Kier molecular flexibility index (Phi) is 4.43. The predicted octanol–water partition coefficient (Wildman–Crippen LogP) is 1.69. The highest BCUT2D eigenvalue weighted by Gasteiger charge is 2.16. The number of hydrogen-bond donors (Lipinski definition) is 2. The van der Waals surface area contributed by atoms with E-state index in [2.05, 4.69) is 11.4 Å². The van der Waals surface area contributed by atoms with E-state index in [0.29, 0.717) is 18.2 Å². The number of aliphatic hydroxyl groups excluding tert-OH is 1. The predicted molar refractivity (Wildman–Crippen MR) is 69.8 cm³/mol. The number of thioether (sulfide) groups is 1. The lowest BCUT2D eigenvalue weighted by molar-refractivity contribution is 0.171. The monoisotopic (exact) mass is 248 g/mol. The maximum atomic E-state index is 9.99. The first-order valence-corrected chi connectivity index (χ1v) is 6.94. The maximum absolute atomic E-state index is 9.99. The third-order valence-corrected chi connectivity index (χ3v) is 4.12. The highest BCUT2D eigenvalue weighted by molar-refractivity contribution is 7.99. The van der Waals surface area contributed by atoms with Gasteiger partial charge in [-0.25, -0.2) is 0 Å². The van der Waals surface area contributed by atoms with Crippen molar-refractivity contribution in [2.24, 2.45) is 0 Å². The number of hydrogen-bond acceptors (Lipinski definition) is 4. The molecule has 1 saturated heterocycles. The van der Waals surface area contributed by atoms with Crippen LogP contribution in [0, 0.1) is 11.3 Å². The van der Waals surface area contributed by atoms with Crippen molar-refractivity contribution in [3.05, 3.63) is 35.4 Å². The summed E-state index contributed by atoms with van der Waals surface area (Å²) < 4.78 is 0. The lowest BCUT2D eigenvalue weighted by Crippen LogP contribution is -2.32. The van der Waals surface area contributed by atoms with Gasteiger partial charge in [0.25, 0.3) is 0 Å². The van der Waals surface area contributed by atoms with Crippen molar-refractivity contribution < 1.29 is 5.11 Å². The molecule has 1 aliphatic rings. The average Bonchev–Trinajstić information content (AvgIpc) is 2.89. The van der Waals surface area contributed by atoms with Crippen molar-refractivity contribution in [2.75, 3.05) is 18.1 Å². The van der Waals surface area contributed by atoms with Crippen molar-refractivity contribution in [3.63, 3.8) is 0 Å². The molecule has 2 rings (SSSR count). The van der Waals surface area contributed by atoms with Crippen LogP contribution in [0.25, 0.3) is 0 Å². The summed E-state index contributed by atoms with van der Waals surface area (Å²) in [4.78, 5) is 0. The lowest BCUT2D eigenvalue weighted by atomic mass is 10.1. The van der Waals surface area contributed by atoms with E-state index in [0.717, 1.165) is 11.3 Å². The molecular formula is C13H16N2OS. The summed E-state index contributed by atoms with van der Waals surface area (Å²) >= 11 is 1.95. The number of nitriles is 1. The Bertz CT molecular complexity index is 393. The van der Waals surface area contributed by atoms with Crippen LogP contribution in [-0.4, -0.2) is 29.2 Å². The first kappa shape index (κ1) is 12.4. The van der Waals surface area contributed by atoms with Crippen LogP contribution < -0.4 is 5.32 Å². The summed E-state index contributed by atoms with van der Waals surface area (Å²) in [7, 11) is 0. The zero-order chi connectivity index (χ0) is 12.1. The fourth-order valence-electron chi connectivity index (χ4n) is 1.87. The van der Waals surface area contributed by atoms with Crippen molar-refractivity contribution in [1.82, 2.24) is 5.32 Å². The van der Waals surface area contributed by atoms with E-state index in [1.54, 1.807) is 12.1 Å². The second kappa shape index (κ2) is 6.06. The van der Waals surface area contributed by atoms with E-state index in [1.807, 2.05) is 23.9 Å². The summed E-state index contributed by atoms with van der Waals surface area (Å²) in [5.41, 5.74) is 1.49. The number of aliphatic hydroxyl groups is 1. The number of nitrogens with one attached hydrogen (secondary N) is 1. The molecule has 0 aromatic heterocycles. The second-order valence-corrected chi connectivity index (χ2v) is 5.37. The first-order valence-electron chi connectivity index (χ1n) is 5.79. The topological polar surface area (TPSA) is 56.0 Å². The normalized spacial score (nSPS) is 21.1. The molecule has 90 valence electrons. The van der Waals surface area contributed by atoms with Crippen LogP contribution in [0.5, 0.6) is 0 Å². The summed E-state index contributed by atoms with van der Waals surface area (Å²) in [6.07, 6.45) is 0.693. The molecule has 1 heterocycles. The van der Waals surface area contributed by atoms with Gasteiger partial charge in [-0.2, -0.15) is 17.0 Å².